The average molecular weight is 581 g/mol. The van der Waals surface area contributed by atoms with Crippen LogP contribution in [0.25, 0.3) is 0 Å². The molecule has 1 saturated heterocycles. The Morgan fingerprint density at radius 1 is 1.17 bits per heavy atom. The molecule has 5 amide bonds. The molecule has 1 atom stereocenters. The van der Waals surface area contributed by atoms with Crippen molar-refractivity contribution in [3.63, 3.8) is 0 Å². The highest BCUT2D eigenvalue weighted by Gasteiger charge is 2.39. The molecule has 216 valence electrons. The van der Waals surface area contributed by atoms with Gasteiger partial charge in [0.1, 0.15) is 11.6 Å². The van der Waals surface area contributed by atoms with E-state index in [0.717, 1.165) is 5.56 Å². The van der Waals surface area contributed by atoms with Crippen molar-refractivity contribution in [3.8, 4) is 0 Å². The summed E-state index contributed by atoms with van der Waals surface area (Å²) in [6.07, 6.45) is 0.431. The summed E-state index contributed by atoms with van der Waals surface area (Å²) in [5, 5.41) is 5.61. The lowest BCUT2D eigenvalue weighted by molar-refractivity contribution is -0.150. The number of carbonyl (C=O) groups is 5. The Labute approximate surface area is 243 Å². The maximum atomic E-state index is 13.4. The average Bonchev–Trinajstić information content (AvgIpc) is 3.20. The maximum Gasteiger partial charge on any atom is 0.335 e. The van der Waals surface area contributed by atoms with E-state index in [2.05, 4.69) is 17.2 Å². The Morgan fingerprint density at radius 3 is 2.56 bits per heavy atom. The van der Waals surface area contributed by atoms with Gasteiger partial charge in [0, 0.05) is 41.4 Å². The first-order valence-corrected chi connectivity index (χ1v) is 13.6. The minimum atomic E-state index is -0.729. The molecule has 2 aliphatic heterocycles. The largest absolute Gasteiger partial charge is 0.457 e. The van der Waals surface area contributed by atoms with Crippen LogP contribution in [0.3, 0.4) is 0 Å². The highest BCUT2D eigenvalue weighted by atomic mass is 35.5. The Morgan fingerprint density at radius 2 is 1.90 bits per heavy atom. The number of carbonyl (C=O) groups excluding carboxylic acids is 5. The van der Waals surface area contributed by atoms with E-state index in [9.17, 15) is 24.0 Å². The van der Waals surface area contributed by atoms with Gasteiger partial charge in [0.25, 0.3) is 5.91 Å². The zero-order valence-corrected chi connectivity index (χ0v) is 24.3. The van der Waals surface area contributed by atoms with Gasteiger partial charge >= 0.3 is 12.0 Å². The summed E-state index contributed by atoms with van der Waals surface area (Å²) >= 11 is 6.23. The predicted molar refractivity (Wildman–Crippen MR) is 153 cm³/mol. The van der Waals surface area contributed by atoms with E-state index in [1.807, 2.05) is 6.92 Å². The van der Waals surface area contributed by atoms with Gasteiger partial charge in [-0.25, -0.2) is 9.59 Å². The molecule has 0 spiro atoms. The van der Waals surface area contributed by atoms with Crippen LogP contribution in [0, 0.1) is 6.92 Å². The number of anilines is 1. The summed E-state index contributed by atoms with van der Waals surface area (Å²) in [5.41, 5.74) is 2.58. The second-order valence-corrected chi connectivity index (χ2v) is 11.7. The Bertz CT molecular complexity index is 1450. The zero-order valence-electron chi connectivity index (χ0n) is 23.5. The quantitative estimate of drug-likeness (QED) is 0.285. The van der Waals surface area contributed by atoms with Gasteiger partial charge in [0.05, 0.1) is 6.54 Å². The number of hydrogen-bond acceptors (Lipinski definition) is 6. The number of halogens is 1. The van der Waals surface area contributed by atoms with Gasteiger partial charge in [-0.15, -0.1) is 0 Å². The number of rotatable bonds is 7. The number of amides is 5. The molecule has 0 aromatic heterocycles. The molecule has 41 heavy (non-hydrogen) atoms. The number of urea groups is 1. The molecule has 2 N–H and O–H groups in total. The number of benzene rings is 2. The van der Waals surface area contributed by atoms with Crippen molar-refractivity contribution >= 4 is 47.0 Å². The molecule has 0 radical (unpaired) electrons. The van der Waals surface area contributed by atoms with Gasteiger partial charge in [-0.05, 0) is 69.0 Å². The summed E-state index contributed by atoms with van der Waals surface area (Å²) in [4.78, 5) is 65.9. The van der Waals surface area contributed by atoms with E-state index in [1.165, 1.54) is 9.80 Å². The van der Waals surface area contributed by atoms with E-state index < -0.39 is 29.6 Å². The van der Waals surface area contributed by atoms with Crippen LogP contribution in [-0.4, -0.2) is 57.7 Å². The molecule has 0 saturated carbocycles. The molecule has 2 aromatic carbocycles. The Hall–Kier alpha value is -4.18. The van der Waals surface area contributed by atoms with Crippen LogP contribution in [0.4, 0.5) is 10.5 Å². The van der Waals surface area contributed by atoms with Crippen molar-refractivity contribution in [2.75, 3.05) is 11.9 Å². The second-order valence-electron chi connectivity index (χ2n) is 11.2. The lowest BCUT2D eigenvalue weighted by atomic mass is 10.0. The minimum Gasteiger partial charge on any atom is -0.457 e. The molecular weight excluding hydrogens is 548 g/mol. The molecule has 0 bridgehead atoms. The van der Waals surface area contributed by atoms with Gasteiger partial charge in [-0.1, -0.05) is 36.4 Å². The van der Waals surface area contributed by atoms with Crippen LogP contribution < -0.4 is 10.6 Å². The van der Waals surface area contributed by atoms with Crippen molar-refractivity contribution in [3.05, 3.63) is 75.8 Å². The van der Waals surface area contributed by atoms with Crippen LogP contribution in [0.2, 0.25) is 5.02 Å². The maximum absolute atomic E-state index is 13.4. The Kier molecular flexibility index (Phi) is 8.53. The molecule has 1 fully saturated rings. The fourth-order valence-electron chi connectivity index (χ4n) is 4.66. The zero-order chi connectivity index (χ0) is 30.1. The van der Waals surface area contributed by atoms with Crippen LogP contribution in [0.15, 0.2) is 48.6 Å². The number of nitrogens with zero attached hydrogens (tertiary/aromatic N) is 2. The summed E-state index contributed by atoms with van der Waals surface area (Å²) in [5.74, 6) is -1.74. The molecule has 1 unspecified atom stereocenters. The summed E-state index contributed by atoms with van der Waals surface area (Å²) < 4.78 is 5.42. The van der Waals surface area contributed by atoms with Crippen molar-refractivity contribution < 1.29 is 28.7 Å². The van der Waals surface area contributed by atoms with Crippen LogP contribution in [-0.2, 0) is 32.2 Å². The Balaban J connectivity index is 1.54. The monoisotopic (exact) mass is 580 g/mol. The SMILES string of the molecule is C=C(CN(Cc1ccc2c(c1)CN(C1CCC(=O)NC1=O)C2=O)C(=O)Nc1ccc(C)c(Cl)c1)C(=O)OC(C)(C)C. The summed E-state index contributed by atoms with van der Waals surface area (Å²) in [6.45, 7) is 11.1. The third kappa shape index (κ3) is 7.13. The lowest BCUT2D eigenvalue weighted by Crippen LogP contribution is -2.52. The molecule has 10 nitrogen and oxygen atoms in total. The van der Waals surface area contributed by atoms with Crippen molar-refractivity contribution in [1.29, 1.82) is 0 Å². The molecular formula is C30H33ClN4O6. The summed E-state index contributed by atoms with van der Waals surface area (Å²) in [7, 11) is 0. The molecule has 2 aromatic rings. The number of hydrogen-bond donors (Lipinski definition) is 2. The molecule has 4 rings (SSSR count). The third-order valence-electron chi connectivity index (χ3n) is 6.74. The fraction of sp³-hybridized carbons (Fsp3) is 0.367. The minimum absolute atomic E-state index is 0.0904. The first kappa shape index (κ1) is 29.8. The van der Waals surface area contributed by atoms with Gasteiger partial charge in [-0.3, -0.25) is 19.7 Å². The number of nitrogens with one attached hydrogen (secondary N) is 2. The van der Waals surface area contributed by atoms with Crippen molar-refractivity contribution in [2.24, 2.45) is 0 Å². The van der Waals surface area contributed by atoms with Gasteiger partial charge in [0.2, 0.25) is 11.8 Å². The standard InChI is InChI=1S/C30H33ClN4O6/c1-17-6-8-21(13-23(17)31)32-29(40)34(14-18(2)28(39)41-30(3,4)5)15-19-7-9-22-20(12-19)16-35(27(22)38)24-10-11-25(36)33-26(24)37/h6-9,12-13,24H,2,10-11,14-16H2,1,3-5H3,(H,32,40)(H,33,36,37). The number of imide groups is 1. The first-order chi connectivity index (χ1) is 19.2. The number of esters is 1. The van der Waals surface area contributed by atoms with Crippen molar-refractivity contribution in [2.45, 2.75) is 65.3 Å². The van der Waals surface area contributed by atoms with Crippen LogP contribution in [0.5, 0.6) is 0 Å². The number of piperidine rings is 1. The number of ether oxygens (including phenoxy) is 1. The lowest BCUT2D eigenvalue weighted by Gasteiger charge is -2.29. The van der Waals surface area contributed by atoms with E-state index in [-0.39, 0.29) is 49.9 Å². The highest BCUT2D eigenvalue weighted by molar-refractivity contribution is 6.31. The number of aryl methyl sites for hydroxylation is 1. The third-order valence-corrected chi connectivity index (χ3v) is 7.15. The van der Waals surface area contributed by atoms with E-state index in [0.29, 0.717) is 27.4 Å². The van der Waals surface area contributed by atoms with Crippen LogP contribution in [0.1, 0.15) is 60.7 Å². The summed E-state index contributed by atoms with van der Waals surface area (Å²) in [6, 6.07) is 9.13. The smallest absolute Gasteiger partial charge is 0.335 e. The van der Waals surface area contributed by atoms with Gasteiger partial charge in [-0.2, -0.15) is 0 Å². The normalized spacial score (nSPS) is 16.7. The molecule has 0 aliphatic carbocycles. The van der Waals surface area contributed by atoms with Crippen LogP contribution >= 0.6 is 11.6 Å². The predicted octanol–water partition coefficient (Wildman–Crippen LogP) is 4.34. The van der Waals surface area contributed by atoms with E-state index in [4.69, 9.17) is 16.3 Å². The fourth-order valence-corrected chi connectivity index (χ4v) is 4.84. The van der Waals surface area contributed by atoms with Gasteiger partial charge < -0.3 is 19.9 Å². The van der Waals surface area contributed by atoms with E-state index in [1.54, 1.807) is 57.2 Å². The second kappa shape index (κ2) is 11.7. The highest BCUT2D eigenvalue weighted by Crippen LogP contribution is 2.29. The molecule has 11 heteroatoms. The van der Waals surface area contributed by atoms with E-state index >= 15 is 0 Å². The first-order valence-electron chi connectivity index (χ1n) is 13.2. The van der Waals surface area contributed by atoms with Crippen molar-refractivity contribution in [1.82, 2.24) is 15.1 Å². The molecule has 2 aliphatic rings. The number of fused-ring (bicyclic) bond motifs is 1. The molecule has 2 heterocycles. The van der Waals surface area contributed by atoms with Gasteiger partial charge in [0.15, 0.2) is 0 Å². The topological polar surface area (TPSA) is 125 Å².